The number of ether oxygens (including phenoxy) is 1. The van der Waals surface area contributed by atoms with Crippen LogP contribution < -0.4 is 15.0 Å². The molecular weight excluding hydrogens is 470 g/mol. The lowest BCUT2D eigenvalue weighted by molar-refractivity contribution is -0.752. The van der Waals surface area contributed by atoms with Gasteiger partial charge in [-0.3, -0.25) is 9.55 Å². The number of rotatable bonds is 8. The zero-order valence-electron chi connectivity index (χ0n) is 20.7. The lowest BCUT2D eigenvalue weighted by Gasteiger charge is -2.36. The number of quaternary nitrogens is 1. The molecule has 1 saturated heterocycles. The molecule has 1 aromatic heterocycles. The highest BCUT2D eigenvalue weighted by Crippen LogP contribution is 2.28. The fourth-order valence-corrected chi connectivity index (χ4v) is 3.62. The largest absolute Gasteiger partial charge is 0.625 e. The molecule has 0 spiro atoms. The first-order chi connectivity index (χ1) is 17.0. The number of hydroxylamine groups is 3. The van der Waals surface area contributed by atoms with Crippen molar-refractivity contribution in [3.8, 4) is 5.75 Å². The van der Waals surface area contributed by atoms with Crippen molar-refractivity contribution in [2.75, 3.05) is 70.7 Å². The summed E-state index contributed by atoms with van der Waals surface area (Å²) in [4.78, 5) is 39.6. The van der Waals surface area contributed by atoms with Crippen molar-refractivity contribution in [1.82, 2.24) is 9.88 Å². The maximum Gasteiger partial charge on any atom is 0.414 e. The van der Waals surface area contributed by atoms with Gasteiger partial charge in [-0.25, -0.2) is 19.4 Å². The molecular formula is C24H33N5O7. The molecule has 3 N–H and O–H groups in total. The number of para-hydroxylation sites is 2. The molecule has 0 bridgehead atoms. The Balaban J connectivity index is 0.000000678. The lowest BCUT2D eigenvalue weighted by atomic mass is 10.2. The van der Waals surface area contributed by atoms with Crippen LogP contribution in [0.4, 0.5) is 11.5 Å². The summed E-state index contributed by atoms with van der Waals surface area (Å²) >= 11 is 0. The number of hydrogen-bond acceptors (Lipinski definition) is 9. The molecule has 2 heterocycles. The van der Waals surface area contributed by atoms with Crippen LogP contribution in [0, 0.1) is 5.21 Å². The zero-order chi connectivity index (χ0) is 26.7. The summed E-state index contributed by atoms with van der Waals surface area (Å²) < 4.78 is 4.48. The van der Waals surface area contributed by atoms with Gasteiger partial charge in [0.05, 0.1) is 26.9 Å². The normalized spacial score (nSPS) is 13.8. The highest BCUT2D eigenvalue weighted by atomic mass is 16.6. The Morgan fingerprint density at radius 1 is 1.06 bits per heavy atom. The fourth-order valence-electron chi connectivity index (χ4n) is 3.62. The number of amides is 1. The highest BCUT2D eigenvalue weighted by Gasteiger charge is 2.23. The summed E-state index contributed by atoms with van der Waals surface area (Å²) in [6.45, 7) is 5.56. The number of aliphatic carboxylic acids is 2. The van der Waals surface area contributed by atoms with Gasteiger partial charge in [0, 0.05) is 38.9 Å². The van der Waals surface area contributed by atoms with Gasteiger partial charge in [-0.05, 0) is 37.2 Å². The van der Waals surface area contributed by atoms with Crippen LogP contribution in [0.3, 0.4) is 0 Å². The van der Waals surface area contributed by atoms with Crippen LogP contribution >= 0.6 is 0 Å². The number of carboxylic acids is 2. The summed E-state index contributed by atoms with van der Waals surface area (Å²) in [5, 5.41) is 30.0. The highest BCUT2D eigenvalue weighted by molar-refractivity contribution is 6.27. The first-order valence-corrected chi connectivity index (χ1v) is 11.4. The number of aromatic nitrogens is 1. The predicted molar refractivity (Wildman–Crippen MR) is 134 cm³/mol. The van der Waals surface area contributed by atoms with Gasteiger partial charge in [0.25, 0.3) is 0 Å². The van der Waals surface area contributed by atoms with E-state index in [1.54, 1.807) is 25.4 Å². The van der Waals surface area contributed by atoms with Gasteiger partial charge in [-0.2, -0.15) is 0 Å². The standard InChI is InChI=1S/C22H31N5O3.C2H2O4/c1-27(2,29)22(28)18-8-6-11-23-21(18)24-12-7-13-25-14-16-26(17-15-25)19-9-4-5-10-20(19)30-3;3-1(4)2(5)6/h4-6,8-11H,7,12-17H2,1-3H3,(H,23,24);(H,3,4)(H,5,6). The molecule has 0 unspecified atom stereocenters. The average molecular weight is 504 g/mol. The van der Waals surface area contributed by atoms with Crippen molar-refractivity contribution in [2.24, 2.45) is 0 Å². The van der Waals surface area contributed by atoms with Crippen molar-refractivity contribution >= 4 is 29.4 Å². The third-order valence-electron chi connectivity index (χ3n) is 5.45. The molecule has 0 aliphatic carbocycles. The van der Waals surface area contributed by atoms with Gasteiger partial charge in [0.15, 0.2) is 0 Å². The SMILES string of the molecule is COc1ccccc1N1CCN(CCCNc2ncccc2C(=O)[N+](C)(C)[O-])CC1.O=C(O)C(=O)O. The third kappa shape index (κ3) is 8.48. The summed E-state index contributed by atoms with van der Waals surface area (Å²) in [6.07, 6.45) is 2.55. The summed E-state index contributed by atoms with van der Waals surface area (Å²) in [7, 11) is 4.35. The van der Waals surface area contributed by atoms with Crippen LogP contribution in [0.25, 0.3) is 0 Å². The number of nitrogens with zero attached hydrogens (tertiary/aromatic N) is 4. The molecule has 0 radical (unpaired) electrons. The number of methoxy groups -OCH3 is 1. The van der Waals surface area contributed by atoms with Crippen molar-refractivity contribution in [2.45, 2.75) is 6.42 Å². The van der Waals surface area contributed by atoms with Gasteiger partial charge in [0.2, 0.25) is 0 Å². The maximum absolute atomic E-state index is 12.3. The predicted octanol–water partition coefficient (Wildman–Crippen LogP) is 1.58. The summed E-state index contributed by atoms with van der Waals surface area (Å²) in [5.41, 5.74) is 1.48. The minimum absolute atomic E-state index is 0.336. The van der Waals surface area contributed by atoms with Gasteiger partial charge >= 0.3 is 17.8 Å². The summed E-state index contributed by atoms with van der Waals surface area (Å²) in [5.74, 6) is -2.76. The summed E-state index contributed by atoms with van der Waals surface area (Å²) in [6, 6.07) is 11.5. The van der Waals surface area contributed by atoms with Gasteiger partial charge in [-0.15, -0.1) is 0 Å². The van der Waals surface area contributed by atoms with E-state index in [4.69, 9.17) is 24.5 Å². The number of anilines is 2. The Kier molecular flexibility index (Phi) is 10.6. The second kappa shape index (κ2) is 13.4. The van der Waals surface area contributed by atoms with E-state index in [2.05, 4.69) is 26.2 Å². The number of piperazine rings is 1. The molecule has 36 heavy (non-hydrogen) atoms. The van der Waals surface area contributed by atoms with E-state index in [0.717, 1.165) is 50.6 Å². The third-order valence-corrected chi connectivity index (χ3v) is 5.45. The van der Waals surface area contributed by atoms with Crippen molar-refractivity contribution in [1.29, 1.82) is 0 Å². The van der Waals surface area contributed by atoms with Crippen LogP contribution in [0.15, 0.2) is 42.6 Å². The average Bonchev–Trinajstić information content (AvgIpc) is 2.86. The topological polar surface area (TPSA) is 155 Å². The Morgan fingerprint density at radius 2 is 1.69 bits per heavy atom. The molecule has 0 atom stereocenters. The van der Waals surface area contributed by atoms with Crippen molar-refractivity contribution < 1.29 is 34.0 Å². The van der Waals surface area contributed by atoms with E-state index in [9.17, 15) is 10.0 Å². The Morgan fingerprint density at radius 3 is 2.28 bits per heavy atom. The Labute approximate surface area is 209 Å². The number of benzene rings is 1. The van der Waals surface area contributed by atoms with Crippen LogP contribution in [0.2, 0.25) is 0 Å². The molecule has 1 aliphatic rings. The van der Waals surface area contributed by atoms with Gasteiger partial charge in [-0.1, -0.05) is 12.1 Å². The number of hydrogen-bond donors (Lipinski definition) is 3. The molecule has 1 aliphatic heterocycles. The smallest absolute Gasteiger partial charge is 0.414 e. The number of nitrogens with one attached hydrogen (secondary N) is 1. The van der Waals surface area contributed by atoms with Crippen LogP contribution in [-0.2, 0) is 9.59 Å². The van der Waals surface area contributed by atoms with Crippen molar-refractivity contribution in [3.05, 3.63) is 53.4 Å². The van der Waals surface area contributed by atoms with E-state index in [-0.39, 0.29) is 0 Å². The zero-order valence-corrected chi connectivity index (χ0v) is 20.7. The van der Waals surface area contributed by atoms with Crippen molar-refractivity contribution in [3.63, 3.8) is 0 Å². The van der Waals surface area contributed by atoms with E-state index in [1.807, 2.05) is 18.2 Å². The Hall–Kier alpha value is -3.74. The van der Waals surface area contributed by atoms with Gasteiger partial charge < -0.3 is 30.4 Å². The number of carbonyl (C=O) groups excluding carboxylic acids is 1. The monoisotopic (exact) mass is 503 g/mol. The van der Waals surface area contributed by atoms with E-state index < -0.39 is 22.5 Å². The van der Waals surface area contributed by atoms with Gasteiger partial charge in [0.1, 0.15) is 17.1 Å². The first kappa shape index (κ1) is 28.5. The minimum Gasteiger partial charge on any atom is -0.625 e. The quantitative estimate of drug-likeness (QED) is 0.208. The van der Waals surface area contributed by atoms with Crippen LogP contribution in [0.5, 0.6) is 5.75 Å². The number of pyridine rings is 1. The Bertz CT molecular complexity index is 1020. The first-order valence-electron chi connectivity index (χ1n) is 11.4. The lowest BCUT2D eigenvalue weighted by Crippen LogP contribution is -2.47. The van der Waals surface area contributed by atoms with Crippen LogP contribution in [0.1, 0.15) is 16.8 Å². The van der Waals surface area contributed by atoms with E-state index in [0.29, 0.717) is 17.9 Å². The maximum atomic E-state index is 12.3. The fraction of sp³-hybridized carbons (Fsp3) is 0.417. The minimum atomic E-state index is -1.82. The molecule has 12 heteroatoms. The molecule has 0 saturated carbocycles. The molecule has 3 rings (SSSR count). The number of carboxylic acid groups (broad SMARTS) is 2. The van der Waals surface area contributed by atoms with E-state index >= 15 is 0 Å². The molecule has 1 amide bonds. The second-order valence-electron chi connectivity index (χ2n) is 8.45. The molecule has 1 aromatic carbocycles. The molecule has 196 valence electrons. The molecule has 12 nitrogen and oxygen atoms in total. The van der Waals surface area contributed by atoms with Crippen LogP contribution in [-0.4, -0.2) is 103 Å². The molecule has 1 fully saturated rings. The van der Waals surface area contributed by atoms with E-state index in [1.165, 1.54) is 14.1 Å². The molecule has 2 aromatic rings. The second-order valence-corrected chi connectivity index (χ2v) is 8.45. The number of carbonyl (C=O) groups is 3.